The summed E-state index contributed by atoms with van der Waals surface area (Å²) in [6.07, 6.45) is 0. The fourth-order valence-corrected chi connectivity index (χ4v) is 4.11. The molecule has 0 aliphatic rings. The third-order valence-electron chi connectivity index (χ3n) is 4.94. The highest BCUT2D eigenvalue weighted by molar-refractivity contribution is 7.99. The highest BCUT2D eigenvalue weighted by atomic mass is 32.2. The maximum Gasteiger partial charge on any atom is 0.234 e. The average Bonchev–Trinajstić information content (AvgIpc) is 3.18. The van der Waals surface area contributed by atoms with Crippen LogP contribution in [-0.2, 0) is 17.9 Å². The van der Waals surface area contributed by atoms with E-state index in [9.17, 15) is 4.79 Å². The number of thioether (sulfide) groups is 1. The summed E-state index contributed by atoms with van der Waals surface area (Å²) in [5.74, 6) is 2.07. The van der Waals surface area contributed by atoms with Gasteiger partial charge in [-0.25, -0.2) is 0 Å². The van der Waals surface area contributed by atoms with Gasteiger partial charge in [-0.2, -0.15) is 0 Å². The molecular formula is C23H29N5O3S. The van der Waals surface area contributed by atoms with Crippen LogP contribution in [0.5, 0.6) is 11.5 Å². The first-order valence-electron chi connectivity index (χ1n) is 10.3. The number of nitrogens with one attached hydrogen (secondary N) is 2. The van der Waals surface area contributed by atoms with E-state index in [-0.39, 0.29) is 11.7 Å². The van der Waals surface area contributed by atoms with Crippen LogP contribution in [0.3, 0.4) is 0 Å². The van der Waals surface area contributed by atoms with Crippen LogP contribution < -0.4 is 20.1 Å². The molecule has 0 fully saturated rings. The number of aromatic nitrogens is 3. The van der Waals surface area contributed by atoms with Crippen LogP contribution >= 0.6 is 11.8 Å². The Labute approximate surface area is 192 Å². The van der Waals surface area contributed by atoms with Gasteiger partial charge in [0.05, 0.1) is 32.2 Å². The molecule has 2 aromatic carbocycles. The van der Waals surface area contributed by atoms with Crippen molar-refractivity contribution in [2.45, 2.75) is 39.0 Å². The number of hydrogen-bond acceptors (Lipinski definition) is 7. The second-order valence-electron chi connectivity index (χ2n) is 7.22. The van der Waals surface area contributed by atoms with Gasteiger partial charge in [0.15, 0.2) is 11.0 Å². The van der Waals surface area contributed by atoms with E-state index in [1.807, 2.05) is 11.5 Å². The van der Waals surface area contributed by atoms with Crippen LogP contribution in [0.25, 0.3) is 0 Å². The van der Waals surface area contributed by atoms with Crippen molar-refractivity contribution in [2.75, 3.05) is 30.6 Å². The molecule has 170 valence electrons. The molecule has 0 aliphatic heterocycles. The Balaban J connectivity index is 1.62. The van der Waals surface area contributed by atoms with Crippen molar-refractivity contribution in [2.24, 2.45) is 0 Å². The van der Waals surface area contributed by atoms with Crippen molar-refractivity contribution in [3.63, 3.8) is 0 Å². The van der Waals surface area contributed by atoms with Crippen LogP contribution in [-0.4, -0.2) is 40.6 Å². The number of carbonyl (C=O) groups is 1. The summed E-state index contributed by atoms with van der Waals surface area (Å²) in [6, 6.07) is 11.6. The molecule has 2 N–H and O–H groups in total. The minimum atomic E-state index is -0.165. The second kappa shape index (κ2) is 10.9. The van der Waals surface area contributed by atoms with Crippen LogP contribution in [0.15, 0.2) is 41.6 Å². The minimum Gasteiger partial charge on any atom is -0.497 e. The first-order valence-corrected chi connectivity index (χ1v) is 11.3. The van der Waals surface area contributed by atoms with E-state index in [1.165, 1.54) is 22.9 Å². The number of rotatable bonds is 10. The summed E-state index contributed by atoms with van der Waals surface area (Å²) >= 11 is 1.35. The van der Waals surface area contributed by atoms with Crippen LogP contribution in [0, 0.1) is 13.8 Å². The highest BCUT2D eigenvalue weighted by Crippen LogP contribution is 2.29. The molecule has 0 saturated carbocycles. The number of methoxy groups -OCH3 is 2. The van der Waals surface area contributed by atoms with Crippen LogP contribution in [0.1, 0.15) is 23.9 Å². The lowest BCUT2D eigenvalue weighted by atomic mass is 10.1. The van der Waals surface area contributed by atoms with Gasteiger partial charge in [-0.15, -0.1) is 10.2 Å². The van der Waals surface area contributed by atoms with Crippen LogP contribution in [0.2, 0.25) is 0 Å². The van der Waals surface area contributed by atoms with E-state index in [1.54, 1.807) is 32.4 Å². The van der Waals surface area contributed by atoms with Crippen molar-refractivity contribution >= 4 is 29.0 Å². The number of anilines is 2. The lowest BCUT2D eigenvalue weighted by Gasteiger charge is -2.12. The molecule has 1 aromatic heterocycles. The standard InChI is InChI=1S/C23H29N5O3S/c1-6-28-21(13-24-18-9-7-15(2)11-16(18)3)26-27-23(28)32-14-22(29)25-19-12-17(30-4)8-10-20(19)31-5/h7-12,24H,6,13-14H2,1-5H3,(H,25,29). The second-order valence-corrected chi connectivity index (χ2v) is 8.16. The van der Waals surface area contributed by atoms with Crippen molar-refractivity contribution in [3.05, 3.63) is 53.3 Å². The highest BCUT2D eigenvalue weighted by Gasteiger charge is 2.15. The monoisotopic (exact) mass is 455 g/mol. The molecule has 0 atom stereocenters. The largest absolute Gasteiger partial charge is 0.497 e. The van der Waals surface area contributed by atoms with Gasteiger partial charge < -0.3 is 24.7 Å². The minimum absolute atomic E-state index is 0.165. The number of carbonyl (C=O) groups excluding carboxylic acids is 1. The average molecular weight is 456 g/mol. The van der Waals surface area contributed by atoms with E-state index in [0.717, 1.165) is 11.5 Å². The zero-order chi connectivity index (χ0) is 23.1. The summed E-state index contributed by atoms with van der Waals surface area (Å²) < 4.78 is 12.6. The Morgan fingerprint density at radius 1 is 1.06 bits per heavy atom. The first kappa shape index (κ1) is 23.5. The number of benzene rings is 2. The Kier molecular flexibility index (Phi) is 7.99. The Morgan fingerprint density at radius 3 is 2.56 bits per heavy atom. The number of hydrogen-bond donors (Lipinski definition) is 2. The molecule has 0 radical (unpaired) electrons. The number of ether oxygens (including phenoxy) is 2. The van der Waals surface area contributed by atoms with Gasteiger partial charge in [-0.1, -0.05) is 29.5 Å². The Hall–Kier alpha value is -3.20. The molecule has 9 heteroatoms. The summed E-state index contributed by atoms with van der Waals surface area (Å²) in [7, 11) is 3.14. The molecule has 1 heterocycles. The van der Waals surface area contributed by atoms with Gasteiger partial charge in [-0.3, -0.25) is 4.79 Å². The number of aryl methyl sites for hydroxylation is 2. The predicted molar refractivity (Wildman–Crippen MR) is 128 cm³/mol. The Bertz CT molecular complexity index is 1080. The van der Waals surface area contributed by atoms with Crippen LogP contribution in [0.4, 0.5) is 11.4 Å². The summed E-state index contributed by atoms with van der Waals surface area (Å²) in [5.41, 5.74) is 4.05. The summed E-state index contributed by atoms with van der Waals surface area (Å²) in [6.45, 7) is 7.46. The fraction of sp³-hybridized carbons (Fsp3) is 0.348. The Morgan fingerprint density at radius 2 is 1.88 bits per heavy atom. The van der Waals surface area contributed by atoms with Crippen molar-refractivity contribution in [1.82, 2.24) is 14.8 Å². The van der Waals surface area contributed by atoms with Gasteiger partial charge >= 0.3 is 0 Å². The molecule has 0 saturated heterocycles. The molecule has 32 heavy (non-hydrogen) atoms. The topological polar surface area (TPSA) is 90.3 Å². The van der Waals surface area contributed by atoms with Gasteiger partial charge in [0.2, 0.25) is 5.91 Å². The zero-order valence-electron chi connectivity index (χ0n) is 19.1. The van der Waals surface area contributed by atoms with E-state index in [2.05, 4.69) is 52.9 Å². The van der Waals surface area contributed by atoms with E-state index >= 15 is 0 Å². The molecule has 3 rings (SSSR count). The normalized spacial score (nSPS) is 10.7. The summed E-state index contributed by atoms with van der Waals surface area (Å²) in [5, 5.41) is 15.6. The zero-order valence-corrected chi connectivity index (χ0v) is 19.9. The lowest BCUT2D eigenvalue weighted by molar-refractivity contribution is -0.113. The van der Waals surface area contributed by atoms with E-state index in [4.69, 9.17) is 9.47 Å². The lowest BCUT2D eigenvalue weighted by Crippen LogP contribution is -2.15. The third kappa shape index (κ3) is 5.73. The quantitative estimate of drug-likeness (QED) is 0.441. The van der Waals surface area contributed by atoms with Gasteiger partial charge in [0.25, 0.3) is 0 Å². The molecule has 0 unspecified atom stereocenters. The van der Waals surface area contributed by atoms with E-state index < -0.39 is 0 Å². The molecule has 0 bridgehead atoms. The molecule has 3 aromatic rings. The van der Waals surface area contributed by atoms with Gasteiger partial charge in [0, 0.05) is 18.3 Å². The maximum absolute atomic E-state index is 12.5. The molecule has 0 aliphatic carbocycles. The molecule has 8 nitrogen and oxygen atoms in total. The summed E-state index contributed by atoms with van der Waals surface area (Å²) in [4.78, 5) is 12.5. The van der Waals surface area contributed by atoms with E-state index in [0.29, 0.717) is 35.4 Å². The number of amides is 1. The van der Waals surface area contributed by atoms with Crippen molar-refractivity contribution in [3.8, 4) is 11.5 Å². The number of nitrogens with zero attached hydrogens (tertiary/aromatic N) is 3. The van der Waals surface area contributed by atoms with Crippen molar-refractivity contribution in [1.29, 1.82) is 0 Å². The third-order valence-corrected chi connectivity index (χ3v) is 5.91. The van der Waals surface area contributed by atoms with Gasteiger partial charge in [0.1, 0.15) is 11.5 Å². The van der Waals surface area contributed by atoms with Gasteiger partial charge in [-0.05, 0) is 44.5 Å². The fourth-order valence-electron chi connectivity index (χ4n) is 3.29. The van der Waals surface area contributed by atoms with Crippen molar-refractivity contribution < 1.29 is 14.3 Å². The SMILES string of the molecule is CCn1c(CNc2ccc(C)cc2C)nnc1SCC(=O)Nc1cc(OC)ccc1OC. The molecular weight excluding hydrogens is 426 g/mol. The predicted octanol–water partition coefficient (Wildman–Crippen LogP) is 4.27. The smallest absolute Gasteiger partial charge is 0.234 e. The first-order chi connectivity index (χ1) is 15.4. The molecule has 1 amide bonds. The molecule has 0 spiro atoms. The maximum atomic E-state index is 12.5.